The van der Waals surface area contributed by atoms with Crippen LogP contribution in [0.15, 0.2) is 87.7 Å². The number of ketones is 1. The maximum absolute atomic E-state index is 12.2. The number of carbonyl (C=O) groups excluding carboxylic acids is 1. The average Bonchev–Trinajstić information content (AvgIpc) is 3.72. The van der Waals surface area contributed by atoms with Crippen molar-refractivity contribution in [2.45, 2.75) is 121 Å². The fourth-order valence-electron chi connectivity index (χ4n) is 7.16. The van der Waals surface area contributed by atoms with Crippen molar-refractivity contribution in [2.24, 2.45) is 16.7 Å². The number of nitrogens with zero attached hydrogens (tertiary/aromatic N) is 1. The number of aliphatic hydroxyl groups excluding tert-OH is 1. The van der Waals surface area contributed by atoms with Gasteiger partial charge in [-0.3, -0.25) is 9.78 Å². The molecule has 0 amide bonds. The van der Waals surface area contributed by atoms with Gasteiger partial charge in [0, 0.05) is 59.7 Å². The van der Waals surface area contributed by atoms with E-state index in [1.807, 2.05) is 60.1 Å². The van der Waals surface area contributed by atoms with E-state index in [0.29, 0.717) is 5.92 Å². The predicted octanol–water partition coefficient (Wildman–Crippen LogP) is 14.3. The summed E-state index contributed by atoms with van der Waals surface area (Å²) < 4.78 is 12.5. The smallest absolute Gasteiger partial charge is 0.164 e. The number of rotatable bonds is 11. The Morgan fingerprint density at radius 1 is 0.873 bits per heavy atom. The Hall–Kier alpha value is -3.99. The van der Waals surface area contributed by atoms with Crippen LogP contribution in [0.3, 0.4) is 0 Å². The van der Waals surface area contributed by atoms with E-state index in [4.69, 9.17) is 13.8 Å². The average molecular weight is 919 g/mol. The quantitative estimate of drug-likeness (QED) is 0.0796. The van der Waals surface area contributed by atoms with Gasteiger partial charge in [-0.1, -0.05) is 117 Å². The SMILES string of the molecule is CCC(C)(CC)C(=O)/C=C(\O)C(C)(CC)CC.Cc1c(-c2coc3cc(CC(C)C)ccc23)oc2ccnc(-c3[c-]c4ccccc4c(C(C)(C)C)c3)c12.[Ir]. The fraction of sp³-hybridized carbons (Fsp3) is 0.429. The van der Waals surface area contributed by atoms with Crippen LogP contribution in [-0.2, 0) is 36.7 Å². The van der Waals surface area contributed by atoms with Gasteiger partial charge >= 0.3 is 0 Å². The van der Waals surface area contributed by atoms with Crippen LogP contribution >= 0.6 is 0 Å². The molecular formula is C49H60IrNO4-. The van der Waals surface area contributed by atoms with E-state index >= 15 is 0 Å². The molecule has 0 fully saturated rings. The van der Waals surface area contributed by atoms with Crippen molar-refractivity contribution < 1.29 is 38.8 Å². The standard InChI is InChI=1S/C34H32NO2.C15H28O2.Ir/c1-20(2)15-22-11-12-26-27(19-36-30(26)16-22)33-21(3)31-29(37-33)13-14-35-32(31)24-17-23-9-7-8-10-25(23)28(18-24)34(4,5)6;1-7-14(5,8-2)12(16)11-13(17)15(6,9-3)10-4;/h7-14,16,18-20H,15H2,1-6H3;11,16H,7-10H2,1-6H3;/q-1;;/b;12-11-;. The van der Waals surface area contributed by atoms with E-state index in [9.17, 15) is 9.90 Å². The number of carbonyl (C=O) groups is 1. The molecule has 0 spiro atoms. The molecule has 0 saturated heterocycles. The molecule has 3 aromatic heterocycles. The van der Waals surface area contributed by atoms with Gasteiger partial charge in [-0.15, -0.1) is 29.1 Å². The van der Waals surface area contributed by atoms with Crippen LogP contribution in [-0.4, -0.2) is 15.9 Å². The second kappa shape index (κ2) is 17.4. The third kappa shape index (κ3) is 9.03. The van der Waals surface area contributed by atoms with E-state index in [2.05, 4.69) is 96.1 Å². The summed E-state index contributed by atoms with van der Waals surface area (Å²) in [7, 11) is 0. The molecule has 0 aliphatic heterocycles. The summed E-state index contributed by atoms with van der Waals surface area (Å²) in [6.45, 7) is 25.4. The number of aliphatic hydroxyl groups is 1. The number of aryl methyl sites for hydroxylation is 1. The molecule has 55 heavy (non-hydrogen) atoms. The Morgan fingerprint density at radius 3 is 2.15 bits per heavy atom. The van der Waals surface area contributed by atoms with Gasteiger partial charge in [0.2, 0.25) is 0 Å². The van der Waals surface area contributed by atoms with Crippen molar-refractivity contribution in [3.63, 3.8) is 0 Å². The minimum Gasteiger partial charge on any atom is -0.512 e. The van der Waals surface area contributed by atoms with Crippen LogP contribution in [0, 0.1) is 29.7 Å². The van der Waals surface area contributed by atoms with Crippen molar-refractivity contribution in [2.75, 3.05) is 0 Å². The first-order valence-electron chi connectivity index (χ1n) is 19.8. The van der Waals surface area contributed by atoms with E-state index in [1.54, 1.807) is 0 Å². The molecule has 0 unspecified atom stereocenters. The molecule has 0 aliphatic rings. The first kappa shape index (κ1) is 43.7. The summed E-state index contributed by atoms with van der Waals surface area (Å²) in [5, 5.41) is 14.6. The molecule has 1 N–H and O–H groups in total. The van der Waals surface area contributed by atoms with Crippen molar-refractivity contribution in [1.82, 2.24) is 4.98 Å². The van der Waals surface area contributed by atoms with Gasteiger partial charge in [0.15, 0.2) is 5.78 Å². The predicted molar refractivity (Wildman–Crippen MR) is 226 cm³/mol. The number of hydrogen-bond donors (Lipinski definition) is 1. The summed E-state index contributed by atoms with van der Waals surface area (Å²) >= 11 is 0. The van der Waals surface area contributed by atoms with E-state index in [1.165, 1.54) is 22.6 Å². The summed E-state index contributed by atoms with van der Waals surface area (Å²) in [6.07, 6.45) is 9.44. The number of furan rings is 2. The Labute approximate surface area is 342 Å². The first-order valence-corrected chi connectivity index (χ1v) is 19.8. The van der Waals surface area contributed by atoms with E-state index < -0.39 is 0 Å². The summed E-state index contributed by atoms with van der Waals surface area (Å²) in [6, 6.07) is 22.8. The minimum absolute atomic E-state index is 0. The Balaban J connectivity index is 0.000000320. The zero-order chi connectivity index (χ0) is 39.6. The maximum atomic E-state index is 12.2. The van der Waals surface area contributed by atoms with Crippen LogP contribution in [0.2, 0.25) is 0 Å². The molecule has 0 bridgehead atoms. The normalized spacial score (nSPS) is 12.6. The van der Waals surface area contributed by atoms with Gasteiger partial charge in [0.05, 0.1) is 5.56 Å². The fourth-order valence-corrected chi connectivity index (χ4v) is 7.16. The molecular weight excluding hydrogens is 859 g/mol. The molecule has 0 atom stereocenters. The molecule has 295 valence electrons. The van der Waals surface area contributed by atoms with Gasteiger partial charge in [0.25, 0.3) is 0 Å². The van der Waals surface area contributed by atoms with Crippen molar-refractivity contribution in [3.8, 4) is 22.6 Å². The third-order valence-electron chi connectivity index (χ3n) is 11.8. The largest absolute Gasteiger partial charge is 0.512 e. The number of pyridine rings is 1. The van der Waals surface area contributed by atoms with Crippen LogP contribution in [0.25, 0.3) is 55.3 Å². The Morgan fingerprint density at radius 2 is 1.53 bits per heavy atom. The second-order valence-electron chi connectivity index (χ2n) is 17.0. The number of benzene rings is 3. The molecule has 6 heteroatoms. The van der Waals surface area contributed by atoms with Crippen molar-refractivity contribution in [3.05, 3.63) is 102 Å². The zero-order valence-electron chi connectivity index (χ0n) is 35.0. The number of fused-ring (bicyclic) bond motifs is 3. The Kier molecular flexibility index (Phi) is 13.9. The minimum atomic E-state index is -0.337. The van der Waals surface area contributed by atoms with Gasteiger partial charge in [-0.05, 0) is 73.6 Å². The summed E-state index contributed by atoms with van der Waals surface area (Å²) in [5.41, 5.74) is 7.59. The second-order valence-corrected chi connectivity index (χ2v) is 17.0. The van der Waals surface area contributed by atoms with E-state index in [0.717, 1.165) is 87.6 Å². The molecule has 0 aliphatic carbocycles. The van der Waals surface area contributed by atoms with Crippen LogP contribution in [0.1, 0.15) is 119 Å². The molecule has 6 aromatic rings. The topological polar surface area (TPSA) is 76.5 Å². The zero-order valence-corrected chi connectivity index (χ0v) is 37.4. The number of aromatic nitrogens is 1. The van der Waals surface area contributed by atoms with Gasteiger partial charge in [0.1, 0.15) is 28.9 Å². The molecule has 3 aromatic carbocycles. The van der Waals surface area contributed by atoms with Gasteiger partial charge < -0.3 is 13.9 Å². The van der Waals surface area contributed by atoms with Crippen LogP contribution in [0.5, 0.6) is 0 Å². The number of hydrogen-bond acceptors (Lipinski definition) is 5. The van der Waals surface area contributed by atoms with Crippen LogP contribution in [0.4, 0.5) is 0 Å². The molecule has 1 radical (unpaired) electrons. The van der Waals surface area contributed by atoms with E-state index in [-0.39, 0.29) is 47.9 Å². The van der Waals surface area contributed by atoms with Crippen molar-refractivity contribution in [1.29, 1.82) is 0 Å². The van der Waals surface area contributed by atoms with Gasteiger partial charge in [-0.2, -0.15) is 0 Å². The molecule has 3 heterocycles. The third-order valence-corrected chi connectivity index (χ3v) is 11.8. The maximum Gasteiger partial charge on any atom is 0.164 e. The number of allylic oxidation sites excluding steroid dienone is 2. The van der Waals surface area contributed by atoms with Gasteiger partial charge in [-0.25, -0.2) is 0 Å². The van der Waals surface area contributed by atoms with Crippen LogP contribution < -0.4 is 0 Å². The Bertz CT molecular complexity index is 2290. The molecule has 5 nitrogen and oxygen atoms in total. The van der Waals surface area contributed by atoms with Crippen molar-refractivity contribution >= 4 is 38.5 Å². The summed E-state index contributed by atoms with van der Waals surface area (Å²) in [4.78, 5) is 17.0. The summed E-state index contributed by atoms with van der Waals surface area (Å²) in [5.74, 6) is 1.71. The molecule has 6 rings (SSSR count). The first-order chi connectivity index (χ1) is 25.5. The molecule has 0 saturated carbocycles. The monoisotopic (exact) mass is 919 g/mol.